The molecule has 1 aliphatic carbocycles. The van der Waals surface area contributed by atoms with E-state index in [1.165, 1.54) is 43.2 Å². The van der Waals surface area contributed by atoms with Crippen LogP contribution in [0.5, 0.6) is 0 Å². The summed E-state index contributed by atoms with van der Waals surface area (Å²) in [5.41, 5.74) is 10.3. The molecule has 0 radical (unpaired) electrons. The summed E-state index contributed by atoms with van der Waals surface area (Å²) in [6.07, 6.45) is 12.0. The van der Waals surface area contributed by atoms with Gasteiger partial charge in [0.05, 0.1) is 5.41 Å². The van der Waals surface area contributed by atoms with Crippen LogP contribution in [-0.4, -0.2) is 5.78 Å². The summed E-state index contributed by atoms with van der Waals surface area (Å²) in [6.45, 7) is 6.17. The number of anilines is 1. The van der Waals surface area contributed by atoms with Gasteiger partial charge < -0.3 is 5.73 Å². The van der Waals surface area contributed by atoms with Crippen molar-refractivity contribution in [2.24, 2.45) is 0 Å². The van der Waals surface area contributed by atoms with Gasteiger partial charge in [-0.05, 0) is 67.9 Å². The lowest BCUT2D eigenvalue weighted by Crippen LogP contribution is -2.36. The highest BCUT2D eigenvalue weighted by Gasteiger charge is 2.38. The number of Topliss-reactive ketones (excluding diaryl/α,β-unsaturated/α-hetero) is 1. The fourth-order valence-electron chi connectivity index (χ4n) is 4.32. The summed E-state index contributed by atoms with van der Waals surface area (Å²) in [7, 11) is 0. The normalized spacial score (nSPS) is 15.3. The Hall–Kier alpha value is -2.09. The van der Waals surface area contributed by atoms with E-state index in [9.17, 15) is 4.79 Å². The van der Waals surface area contributed by atoms with E-state index in [0.717, 1.165) is 43.4 Å². The number of ketones is 1. The molecule has 0 saturated heterocycles. The molecule has 0 aliphatic heterocycles. The molecule has 158 valence electrons. The Bertz CT molecular complexity index is 724. The predicted molar refractivity (Wildman–Crippen MR) is 125 cm³/mol. The van der Waals surface area contributed by atoms with Crippen molar-refractivity contribution in [3.05, 3.63) is 65.2 Å². The van der Waals surface area contributed by atoms with Crippen molar-refractivity contribution in [2.45, 2.75) is 90.4 Å². The van der Waals surface area contributed by atoms with Crippen molar-refractivity contribution in [1.29, 1.82) is 0 Å². The maximum absolute atomic E-state index is 12.0. The molecule has 2 heteroatoms. The molecule has 2 aromatic rings. The molecule has 0 bridgehead atoms. The van der Waals surface area contributed by atoms with Gasteiger partial charge >= 0.3 is 0 Å². The number of aryl methyl sites for hydroxylation is 2. The lowest BCUT2D eigenvalue weighted by molar-refractivity contribution is -0.123. The molecule has 0 atom stereocenters. The second-order valence-corrected chi connectivity index (χ2v) is 8.45. The van der Waals surface area contributed by atoms with Crippen LogP contribution in [0.2, 0.25) is 0 Å². The van der Waals surface area contributed by atoms with Gasteiger partial charge in [-0.25, -0.2) is 0 Å². The molecule has 1 fully saturated rings. The minimum absolute atomic E-state index is 0.230. The Morgan fingerprint density at radius 3 is 1.97 bits per heavy atom. The molecular formula is C27H39NO. The largest absolute Gasteiger partial charge is 0.399 e. The summed E-state index contributed by atoms with van der Waals surface area (Å²) in [4.78, 5) is 12.0. The van der Waals surface area contributed by atoms with Crippen molar-refractivity contribution in [3.63, 3.8) is 0 Å². The van der Waals surface area contributed by atoms with Gasteiger partial charge in [0.25, 0.3) is 0 Å². The maximum atomic E-state index is 12.0. The van der Waals surface area contributed by atoms with Gasteiger partial charge in [-0.2, -0.15) is 0 Å². The van der Waals surface area contributed by atoms with Gasteiger partial charge in [-0.1, -0.05) is 82.3 Å². The Kier molecular flexibility index (Phi) is 9.44. The number of carbonyl (C=O) groups is 1. The van der Waals surface area contributed by atoms with Crippen molar-refractivity contribution < 1.29 is 4.79 Å². The van der Waals surface area contributed by atoms with E-state index >= 15 is 0 Å². The van der Waals surface area contributed by atoms with Crippen LogP contribution in [0.4, 0.5) is 5.69 Å². The van der Waals surface area contributed by atoms with Crippen molar-refractivity contribution in [3.8, 4) is 0 Å². The average molecular weight is 394 g/mol. The Morgan fingerprint density at radius 1 is 0.862 bits per heavy atom. The van der Waals surface area contributed by atoms with Crippen LogP contribution >= 0.6 is 0 Å². The zero-order valence-corrected chi connectivity index (χ0v) is 18.7. The van der Waals surface area contributed by atoms with Crippen LogP contribution in [0.15, 0.2) is 48.5 Å². The minimum Gasteiger partial charge on any atom is -0.399 e. The van der Waals surface area contributed by atoms with Crippen molar-refractivity contribution in [2.75, 3.05) is 5.73 Å². The van der Waals surface area contributed by atoms with E-state index in [0.29, 0.717) is 5.78 Å². The molecule has 1 saturated carbocycles. The number of benzene rings is 2. The monoisotopic (exact) mass is 393 g/mol. The molecule has 29 heavy (non-hydrogen) atoms. The molecule has 2 N–H and O–H groups in total. The van der Waals surface area contributed by atoms with Crippen LogP contribution in [-0.2, 0) is 23.1 Å². The van der Waals surface area contributed by atoms with E-state index < -0.39 is 0 Å². The third-order valence-electron chi connectivity index (χ3n) is 6.34. The first kappa shape index (κ1) is 23.2. The van der Waals surface area contributed by atoms with E-state index in [2.05, 4.69) is 38.1 Å². The molecule has 0 spiro atoms. The second-order valence-electron chi connectivity index (χ2n) is 8.45. The zero-order chi connectivity index (χ0) is 21.1. The highest BCUT2D eigenvalue weighted by molar-refractivity contribution is 5.88. The minimum atomic E-state index is -0.230. The first-order valence-corrected chi connectivity index (χ1v) is 11.5. The van der Waals surface area contributed by atoms with Crippen LogP contribution in [0.1, 0.15) is 88.8 Å². The molecule has 0 amide bonds. The lowest BCUT2D eigenvalue weighted by Gasteiger charge is -2.35. The Morgan fingerprint density at radius 2 is 1.45 bits per heavy atom. The first-order valence-electron chi connectivity index (χ1n) is 11.5. The average Bonchev–Trinajstić information content (AvgIpc) is 2.76. The molecule has 1 aliphatic rings. The third-order valence-corrected chi connectivity index (χ3v) is 6.34. The van der Waals surface area contributed by atoms with Crippen LogP contribution in [0, 0.1) is 0 Å². The van der Waals surface area contributed by atoms with Gasteiger partial charge in [0.1, 0.15) is 5.78 Å². The van der Waals surface area contributed by atoms with Gasteiger partial charge in [0.2, 0.25) is 0 Å². The summed E-state index contributed by atoms with van der Waals surface area (Å²) in [5.74, 6) is 0.303. The molecule has 0 unspecified atom stereocenters. The number of rotatable bonds is 7. The SMILES string of the molecule is CC(=O)C1(c2ccc(N)cc2)CCCCC1.CCCCCc1ccc(CC)cc1. The number of hydrogen-bond acceptors (Lipinski definition) is 2. The third kappa shape index (κ3) is 6.73. The van der Waals surface area contributed by atoms with Gasteiger partial charge in [-0.3, -0.25) is 4.79 Å². The van der Waals surface area contributed by atoms with Crippen molar-refractivity contribution >= 4 is 11.5 Å². The predicted octanol–water partition coefficient (Wildman–Crippen LogP) is 7.04. The topological polar surface area (TPSA) is 43.1 Å². The summed E-state index contributed by atoms with van der Waals surface area (Å²) in [6, 6.07) is 16.9. The Labute approximate surface area is 177 Å². The fraction of sp³-hybridized carbons (Fsp3) is 0.519. The van der Waals surface area contributed by atoms with E-state index in [1.54, 1.807) is 6.92 Å². The number of hydrogen-bond donors (Lipinski definition) is 1. The zero-order valence-electron chi connectivity index (χ0n) is 18.7. The quantitative estimate of drug-likeness (QED) is 0.405. The summed E-state index contributed by atoms with van der Waals surface area (Å²) in [5, 5.41) is 0. The van der Waals surface area contributed by atoms with Crippen LogP contribution < -0.4 is 5.73 Å². The van der Waals surface area contributed by atoms with Crippen LogP contribution in [0.3, 0.4) is 0 Å². The van der Waals surface area contributed by atoms with Gasteiger partial charge in [-0.15, -0.1) is 0 Å². The van der Waals surface area contributed by atoms with E-state index in [-0.39, 0.29) is 5.41 Å². The van der Waals surface area contributed by atoms with Gasteiger partial charge in [0, 0.05) is 5.69 Å². The molecule has 0 aromatic heterocycles. The molecule has 3 rings (SSSR count). The van der Waals surface area contributed by atoms with Crippen LogP contribution in [0.25, 0.3) is 0 Å². The molecule has 2 nitrogen and oxygen atoms in total. The molecule has 0 heterocycles. The Balaban J connectivity index is 0.000000212. The first-order chi connectivity index (χ1) is 14.0. The van der Waals surface area contributed by atoms with E-state index in [4.69, 9.17) is 5.73 Å². The number of nitrogen functional groups attached to an aromatic ring is 1. The lowest BCUT2D eigenvalue weighted by atomic mass is 9.67. The fourth-order valence-corrected chi connectivity index (χ4v) is 4.32. The maximum Gasteiger partial charge on any atom is 0.140 e. The van der Waals surface area contributed by atoms with Gasteiger partial charge in [0.15, 0.2) is 0 Å². The smallest absolute Gasteiger partial charge is 0.140 e. The standard InChI is InChI=1S/C14H19NO.C13H20/c1-11(16)14(9-3-2-4-10-14)12-5-7-13(15)8-6-12;1-3-5-6-7-13-10-8-12(4-2)9-11-13/h5-8H,2-4,9-10,15H2,1H3;8-11H,3-7H2,1-2H3. The molecular weight excluding hydrogens is 354 g/mol. The summed E-state index contributed by atoms with van der Waals surface area (Å²) < 4.78 is 0. The number of unbranched alkanes of at least 4 members (excludes halogenated alkanes) is 2. The van der Waals surface area contributed by atoms with E-state index in [1.807, 2.05) is 24.3 Å². The second kappa shape index (κ2) is 11.8. The number of nitrogens with two attached hydrogens (primary N) is 1. The van der Waals surface area contributed by atoms with Crippen molar-refractivity contribution in [1.82, 2.24) is 0 Å². The highest BCUT2D eigenvalue weighted by Crippen LogP contribution is 2.40. The molecule has 2 aromatic carbocycles. The highest BCUT2D eigenvalue weighted by atomic mass is 16.1. The number of carbonyl (C=O) groups excluding carboxylic acids is 1. The summed E-state index contributed by atoms with van der Waals surface area (Å²) >= 11 is 0.